The quantitative estimate of drug-likeness (QED) is 0.663. The summed E-state index contributed by atoms with van der Waals surface area (Å²) in [6.45, 7) is 2.43. The van der Waals surface area contributed by atoms with Gasteiger partial charge in [-0.3, -0.25) is 9.59 Å². The summed E-state index contributed by atoms with van der Waals surface area (Å²) in [5, 5.41) is 13.8. The zero-order valence-corrected chi connectivity index (χ0v) is 14.1. The lowest BCUT2D eigenvalue weighted by molar-refractivity contribution is -0.131. The maximum absolute atomic E-state index is 12.5. The van der Waals surface area contributed by atoms with Crippen molar-refractivity contribution in [1.82, 2.24) is 0 Å². The van der Waals surface area contributed by atoms with Crippen LogP contribution in [0, 0.1) is 0 Å². The number of carboxylic acid groups (broad SMARTS) is 1. The third-order valence-electron chi connectivity index (χ3n) is 3.23. The molecule has 0 unspecified atom stereocenters. The van der Waals surface area contributed by atoms with Crippen LogP contribution in [0.3, 0.4) is 0 Å². The Kier molecular flexibility index (Phi) is 6.50. The highest BCUT2D eigenvalue weighted by atomic mass is 16.5. The van der Waals surface area contributed by atoms with Gasteiger partial charge in [0, 0.05) is 17.8 Å². The van der Waals surface area contributed by atoms with Crippen LogP contribution in [0.4, 0.5) is 11.4 Å². The van der Waals surface area contributed by atoms with E-state index in [1.165, 1.54) is 0 Å². The number of benzene rings is 2. The van der Waals surface area contributed by atoms with E-state index in [9.17, 15) is 14.4 Å². The summed E-state index contributed by atoms with van der Waals surface area (Å²) in [7, 11) is 0. The van der Waals surface area contributed by atoms with Crippen molar-refractivity contribution >= 4 is 29.2 Å². The zero-order valence-electron chi connectivity index (χ0n) is 14.1. The maximum atomic E-state index is 12.5. The summed E-state index contributed by atoms with van der Waals surface area (Å²) in [6, 6.07) is 13.3. The van der Waals surface area contributed by atoms with Crippen LogP contribution in [0.2, 0.25) is 0 Å². The van der Waals surface area contributed by atoms with Crippen molar-refractivity contribution in [1.29, 1.82) is 0 Å². The van der Waals surface area contributed by atoms with Gasteiger partial charge in [-0.15, -0.1) is 0 Å². The molecule has 0 saturated heterocycles. The summed E-state index contributed by atoms with van der Waals surface area (Å²) >= 11 is 0. The number of hydrogen-bond acceptors (Lipinski definition) is 4. The van der Waals surface area contributed by atoms with Crippen molar-refractivity contribution in [3.05, 3.63) is 66.2 Å². The number of carbonyl (C=O) groups excluding carboxylic acids is 2. The van der Waals surface area contributed by atoms with Crippen molar-refractivity contribution in [3.8, 4) is 5.75 Å². The van der Waals surface area contributed by atoms with Gasteiger partial charge in [0.15, 0.2) is 0 Å². The highest BCUT2D eigenvalue weighted by Crippen LogP contribution is 2.19. The molecule has 0 radical (unpaired) electrons. The lowest BCUT2D eigenvalue weighted by atomic mass is 10.1. The lowest BCUT2D eigenvalue weighted by Gasteiger charge is -2.11. The fourth-order valence-corrected chi connectivity index (χ4v) is 2.11. The molecule has 0 aliphatic rings. The van der Waals surface area contributed by atoms with Crippen molar-refractivity contribution in [2.24, 2.45) is 0 Å². The fourth-order valence-electron chi connectivity index (χ4n) is 2.11. The first-order chi connectivity index (χ1) is 12.5. The molecule has 7 nitrogen and oxygen atoms in total. The number of aliphatic carboxylic acids is 1. The average Bonchev–Trinajstić information content (AvgIpc) is 2.62. The van der Waals surface area contributed by atoms with Crippen molar-refractivity contribution in [3.63, 3.8) is 0 Å². The number of carbonyl (C=O) groups is 3. The normalized spacial score (nSPS) is 10.3. The SMILES string of the molecule is CCOc1ccc(NC(=O)c2ccccc2NC(=O)C=CC(=O)O)cc1. The Hall–Kier alpha value is -3.61. The molecule has 2 aromatic rings. The summed E-state index contributed by atoms with van der Waals surface area (Å²) in [6.07, 6.45) is 1.60. The van der Waals surface area contributed by atoms with Crippen molar-refractivity contribution in [2.45, 2.75) is 6.92 Å². The molecular weight excluding hydrogens is 336 g/mol. The molecule has 0 aromatic heterocycles. The van der Waals surface area contributed by atoms with E-state index in [0.29, 0.717) is 18.0 Å². The Morgan fingerprint density at radius 1 is 1.00 bits per heavy atom. The van der Waals surface area contributed by atoms with Crippen LogP contribution in [-0.2, 0) is 9.59 Å². The molecule has 134 valence electrons. The molecule has 3 N–H and O–H groups in total. The van der Waals surface area contributed by atoms with E-state index in [0.717, 1.165) is 12.2 Å². The number of hydrogen-bond donors (Lipinski definition) is 3. The first kappa shape index (κ1) is 18.7. The molecule has 2 rings (SSSR count). The minimum Gasteiger partial charge on any atom is -0.494 e. The van der Waals surface area contributed by atoms with Crippen LogP contribution in [0.5, 0.6) is 5.75 Å². The Labute approximate surface area is 150 Å². The number of para-hydroxylation sites is 1. The summed E-state index contributed by atoms with van der Waals surface area (Å²) in [5.41, 5.74) is 1.10. The highest BCUT2D eigenvalue weighted by Gasteiger charge is 2.12. The second-order valence-electron chi connectivity index (χ2n) is 5.12. The second-order valence-corrected chi connectivity index (χ2v) is 5.12. The Morgan fingerprint density at radius 3 is 2.35 bits per heavy atom. The van der Waals surface area contributed by atoms with Gasteiger partial charge in [-0.2, -0.15) is 0 Å². The topological polar surface area (TPSA) is 105 Å². The molecule has 0 bridgehead atoms. The van der Waals surface area contributed by atoms with Gasteiger partial charge >= 0.3 is 5.97 Å². The largest absolute Gasteiger partial charge is 0.494 e. The van der Waals surface area contributed by atoms with Gasteiger partial charge in [0.2, 0.25) is 5.91 Å². The molecule has 0 atom stereocenters. The molecule has 26 heavy (non-hydrogen) atoms. The van der Waals surface area contributed by atoms with E-state index in [2.05, 4.69) is 10.6 Å². The molecule has 0 saturated carbocycles. The molecular formula is C19H18N2O5. The van der Waals surface area contributed by atoms with Crippen LogP contribution in [0.15, 0.2) is 60.7 Å². The number of rotatable bonds is 7. The van der Waals surface area contributed by atoms with Gasteiger partial charge in [0.1, 0.15) is 5.75 Å². The Bertz CT molecular complexity index is 828. The van der Waals surface area contributed by atoms with Crippen LogP contribution >= 0.6 is 0 Å². The second kappa shape index (κ2) is 9.03. The molecule has 0 aliphatic carbocycles. The van der Waals surface area contributed by atoms with Gasteiger partial charge in [-0.1, -0.05) is 12.1 Å². The van der Waals surface area contributed by atoms with E-state index < -0.39 is 17.8 Å². The lowest BCUT2D eigenvalue weighted by Crippen LogP contribution is -2.17. The third kappa shape index (κ3) is 5.48. The highest BCUT2D eigenvalue weighted by molar-refractivity contribution is 6.11. The smallest absolute Gasteiger partial charge is 0.328 e. The standard InChI is InChI=1S/C19H18N2O5/c1-2-26-14-9-7-13(8-10-14)20-19(25)15-5-3-4-6-16(15)21-17(22)11-12-18(23)24/h3-12H,2H2,1H3,(H,20,25)(H,21,22)(H,23,24). The minimum absolute atomic E-state index is 0.249. The van der Waals surface area contributed by atoms with Crippen molar-refractivity contribution < 1.29 is 24.2 Å². The van der Waals surface area contributed by atoms with E-state index in [-0.39, 0.29) is 11.3 Å². The number of ether oxygens (including phenoxy) is 1. The third-order valence-corrected chi connectivity index (χ3v) is 3.23. The first-order valence-electron chi connectivity index (χ1n) is 7.85. The average molecular weight is 354 g/mol. The van der Waals surface area contributed by atoms with E-state index >= 15 is 0 Å². The zero-order chi connectivity index (χ0) is 18.9. The first-order valence-corrected chi connectivity index (χ1v) is 7.85. The van der Waals surface area contributed by atoms with Gasteiger partial charge in [-0.25, -0.2) is 4.79 Å². The minimum atomic E-state index is -1.23. The number of amides is 2. The summed E-state index contributed by atoms with van der Waals surface area (Å²) < 4.78 is 5.34. The monoisotopic (exact) mass is 354 g/mol. The van der Waals surface area contributed by atoms with Crippen LogP contribution in [0.1, 0.15) is 17.3 Å². The molecule has 7 heteroatoms. The molecule has 2 amide bonds. The molecule has 0 fully saturated rings. The number of anilines is 2. The van der Waals surface area contributed by atoms with Crippen LogP contribution < -0.4 is 15.4 Å². The van der Waals surface area contributed by atoms with Gasteiger partial charge in [-0.05, 0) is 43.3 Å². The van der Waals surface area contributed by atoms with Gasteiger partial charge in [0.25, 0.3) is 5.91 Å². The molecule has 2 aromatic carbocycles. The van der Waals surface area contributed by atoms with Crippen LogP contribution in [-0.4, -0.2) is 29.5 Å². The van der Waals surface area contributed by atoms with Crippen LogP contribution in [0.25, 0.3) is 0 Å². The maximum Gasteiger partial charge on any atom is 0.328 e. The van der Waals surface area contributed by atoms with E-state index in [1.807, 2.05) is 6.92 Å². The van der Waals surface area contributed by atoms with E-state index in [4.69, 9.17) is 9.84 Å². The predicted octanol–water partition coefficient (Wildman–Crippen LogP) is 2.92. The number of nitrogens with one attached hydrogen (secondary N) is 2. The van der Waals surface area contributed by atoms with Crippen molar-refractivity contribution in [2.75, 3.05) is 17.2 Å². The Balaban J connectivity index is 2.11. The summed E-state index contributed by atoms with van der Waals surface area (Å²) in [5.74, 6) is -1.59. The predicted molar refractivity (Wildman–Crippen MR) is 97.4 cm³/mol. The Morgan fingerprint density at radius 2 is 1.69 bits per heavy atom. The fraction of sp³-hybridized carbons (Fsp3) is 0.105. The molecule has 0 aliphatic heterocycles. The van der Waals surface area contributed by atoms with Gasteiger partial charge < -0.3 is 20.5 Å². The number of carboxylic acids is 1. The van der Waals surface area contributed by atoms with Gasteiger partial charge in [0.05, 0.1) is 17.9 Å². The van der Waals surface area contributed by atoms with E-state index in [1.54, 1.807) is 48.5 Å². The molecule has 0 spiro atoms. The molecule has 0 heterocycles. The summed E-state index contributed by atoms with van der Waals surface area (Å²) in [4.78, 5) is 34.7.